The number of carbonyl (C=O) groups excluding carboxylic acids is 1. The molecule has 0 saturated carbocycles. The van der Waals surface area contributed by atoms with Crippen molar-refractivity contribution in [3.8, 4) is 5.75 Å². The number of amides is 1. The highest BCUT2D eigenvalue weighted by atomic mass is 16.5. The number of benzene rings is 1. The second-order valence-electron chi connectivity index (χ2n) is 5.30. The molecule has 6 heteroatoms. The minimum atomic E-state index is -0.958. The number of aryl methyl sites for hydroxylation is 1. The van der Waals surface area contributed by atoms with Crippen LogP contribution in [0.4, 0.5) is 0 Å². The normalized spacial score (nSPS) is 21.0. The van der Waals surface area contributed by atoms with Crippen LogP contribution in [0, 0.1) is 6.92 Å². The molecule has 2 rings (SSSR count). The van der Waals surface area contributed by atoms with Gasteiger partial charge in [-0.3, -0.25) is 9.59 Å². The van der Waals surface area contributed by atoms with Gasteiger partial charge in [-0.15, -0.1) is 0 Å². The smallest absolute Gasteiger partial charge is 0.305 e. The average molecular weight is 293 g/mol. The Labute approximate surface area is 123 Å². The van der Waals surface area contributed by atoms with Crippen molar-refractivity contribution in [3.63, 3.8) is 0 Å². The summed E-state index contributed by atoms with van der Waals surface area (Å²) in [7, 11) is 0. The molecule has 114 valence electrons. The van der Waals surface area contributed by atoms with E-state index >= 15 is 0 Å². The fraction of sp³-hybridized carbons (Fsp3) is 0.467. The molecule has 21 heavy (non-hydrogen) atoms. The maximum atomic E-state index is 11.9. The van der Waals surface area contributed by atoms with Gasteiger partial charge in [-0.1, -0.05) is 17.7 Å². The van der Waals surface area contributed by atoms with E-state index in [1.54, 1.807) is 12.1 Å². The summed E-state index contributed by atoms with van der Waals surface area (Å²) in [6.45, 7) is 2.48. The van der Waals surface area contributed by atoms with Crippen molar-refractivity contribution >= 4 is 11.9 Å². The van der Waals surface area contributed by atoms with Crippen LogP contribution >= 0.6 is 0 Å². The molecule has 0 aromatic heterocycles. The minimum absolute atomic E-state index is 0.148. The molecule has 0 bridgehead atoms. The van der Waals surface area contributed by atoms with Crippen molar-refractivity contribution in [3.05, 3.63) is 29.8 Å². The van der Waals surface area contributed by atoms with Gasteiger partial charge in [0.15, 0.2) is 6.61 Å². The SMILES string of the molecule is Cc1ccc(OCC(=O)NC2(CC(=O)O)CCOC2)cc1. The lowest BCUT2D eigenvalue weighted by molar-refractivity contribution is -0.139. The number of carboxylic acid groups (broad SMARTS) is 1. The van der Waals surface area contributed by atoms with E-state index < -0.39 is 11.5 Å². The molecule has 1 aliphatic rings. The lowest BCUT2D eigenvalue weighted by Gasteiger charge is -2.26. The van der Waals surface area contributed by atoms with Crippen LogP contribution in [0.2, 0.25) is 0 Å². The highest BCUT2D eigenvalue weighted by Crippen LogP contribution is 2.22. The van der Waals surface area contributed by atoms with E-state index in [0.717, 1.165) is 5.56 Å². The molecule has 1 fully saturated rings. The molecule has 6 nitrogen and oxygen atoms in total. The summed E-state index contributed by atoms with van der Waals surface area (Å²) in [6, 6.07) is 7.36. The molecule has 1 aromatic rings. The lowest BCUT2D eigenvalue weighted by Crippen LogP contribution is -2.51. The molecule has 2 N–H and O–H groups in total. The van der Waals surface area contributed by atoms with Crippen LogP contribution in [-0.4, -0.2) is 42.3 Å². The van der Waals surface area contributed by atoms with Crippen molar-refractivity contribution in [2.24, 2.45) is 0 Å². The van der Waals surface area contributed by atoms with Gasteiger partial charge in [0.05, 0.1) is 18.6 Å². The van der Waals surface area contributed by atoms with Crippen molar-refractivity contribution in [1.82, 2.24) is 5.32 Å². The predicted octanol–water partition coefficient (Wildman–Crippen LogP) is 1.12. The van der Waals surface area contributed by atoms with Crippen LogP contribution in [0.15, 0.2) is 24.3 Å². The lowest BCUT2D eigenvalue weighted by atomic mass is 9.94. The first kappa shape index (κ1) is 15.3. The van der Waals surface area contributed by atoms with Gasteiger partial charge in [0.2, 0.25) is 0 Å². The largest absolute Gasteiger partial charge is 0.484 e. The van der Waals surface area contributed by atoms with Crippen molar-refractivity contribution in [2.75, 3.05) is 19.8 Å². The van der Waals surface area contributed by atoms with E-state index in [4.69, 9.17) is 14.6 Å². The van der Waals surface area contributed by atoms with E-state index in [1.165, 1.54) is 0 Å². The van der Waals surface area contributed by atoms with Crippen molar-refractivity contribution in [2.45, 2.75) is 25.3 Å². The second-order valence-corrected chi connectivity index (χ2v) is 5.30. The second kappa shape index (κ2) is 6.58. The molecule has 0 radical (unpaired) electrons. The summed E-state index contributed by atoms with van der Waals surface area (Å²) in [5.74, 6) is -0.701. The van der Waals surface area contributed by atoms with Gasteiger partial charge < -0.3 is 19.9 Å². The van der Waals surface area contributed by atoms with Gasteiger partial charge in [0.25, 0.3) is 5.91 Å². The van der Waals surface area contributed by atoms with E-state index in [9.17, 15) is 9.59 Å². The molecule has 1 atom stereocenters. The van der Waals surface area contributed by atoms with Crippen LogP contribution in [0.25, 0.3) is 0 Å². The summed E-state index contributed by atoms with van der Waals surface area (Å²) in [4.78, 5) is 22.9. The van der Waals surface area contributed by atoms with Crippen LogP contribution in [0.1, 0.15) is 18.4 Å². The fourth-order valence-corrected chi connectivity index (χ4v) is 2.29. The first-order valence-electron chi connectivity index (χ1n) is 6.79. The molecule has 0 aliphatic carbocycles. The Morgan fingerprint density at radius 1 is 1.38 bits per heavy atom. The number of rotatable bonds is 6. The number of hydrogen-bond donors (Lipinski definition) is 2. The Morgan fingerprint density at radius 3 is 2.67 bits per heavy atom. The third kappa shape index (κ3) is 4.46. The van der Waals surface area contributed by atoms with Gasteiger partial charge in [-0.2, -0.15) is 0 Å². The Bertz CT molecular complexity index is 505. The maximum Gasteiger partial charge on any atom is 0.305 e. The molecule has 1 amide bonds. The standard InChI is InChI=1S/C15H19NO5/c1-11-2-4-12(5-3-11)21-9-13(17)16-15(8-14(18)19)6-7-20-10-15/h2-5H,6-10H2,1H3,(H,16,17)(H,18,19). The van der Waals surface area contributed by atoms with Gasteiger partial charge in [-0.05, 0) is 25.5 Å². The molecule has 1 aliphatic heterocycles. The van der Waals surface area contributed by atoms with E-state index in [1.807, 2.05) is 19.1 Å². The van der Waals surface area contributed by atoms with Gasteiger partial charge >= 0.3 is 5.97 Å². The molecule has 1 aromatic carbocycles. The average Bonchev–Trinajstić information content (AvgIpc) is 2.85. The molecular formula is C15H19NO5. The van der Waals surface area contributed by atoms with E-state index in [-0.39, 0.29) is 25.5 Å². The first-order chi connectivity index (χ1) is 9.99. The minimum Gasteiger partial charge on any atom is -0.484 e. The summed E-state index contributed by atoms with van der Waals surface area (Å²) in [6.07, 6.45) is 0.346. The summed E-state index contributed by atoms with van der Waals surface area (Å²) in [5.41, 5.74) is 0.287. The first-order valence-corrected chi connectivity index (χ1v) is 6.79. The quantitative estimate of drug-likeness (QED) is 0.821. The van der Waals surface area contributed by atoms with Crippen molar-refractivity contribution in [1.29, 1.82) is 0 Å². The Kier molecular flexibility index (Phi) is 4.80. The number of nitrogens with one attached hydrogen (secondary N) is 1. The zero-order valence-corrected chi connectivity index (χ0v) is 11.9. The maximum absolute atomic E-state index is 11.9. The third-order valence-corrected chi connectivity index (χ3v) is 3.39. The monoisotopic (exact) mass is 293 g/mol. The van der Waals surface area contributed by atoms with Crippen LogP contribution < -0.4 is 10.1 Å². The zero-order chi connectivity index (χ0) is 15.3. The van der Waals surface area contributed by atoms with Crippen LogP contribution in [0.3, 0.4) is 0 Å². The number of hydrogen-bond acceptors (Lipinski definition) is 4. The van der Waals surface area contributed by atoms with Gasteiger partial charge in [-0.25, -0.2) is 0 Å². The van der Waals surface area contributed by atoms with Crippen molar-refractivity contribution < 1.29 is 24.2 Å². The Morgan fingerprint density at radius 2 is 2.10 bits per heavy atom. The molecule has 0 spiro atoms. The predicted molar refractivity (Wildman–Crippen MR) is 75.2 cm³/mol. The number of carboxylic acids is 1. The third-order valence-electron chi connectivity index (χ3n) is 3.39. The Hall–Kier alpha value is -2.08. The van der Waals surface area contributed by atoms with E-state index in [2.05, 4.69) is 5.32 Å². The van der Waals surface area contributed by atoms with E-state index in [0.29, 0.717) is 18.8 Å². The highest BCUT2D eigenvalue weighted by Gasteiger charge is 2.38. The Balaban J connectivity index is 1.87. The molecule has 1 saturated heterocycles. The topological polar surface area (TPSA) is 84.9 Å². The van der Waals surface area contributed by atoms with Gasteiger partial charge in [0.1, 0.15) is 5.75 Å². The summed E-state index contributed by atoms with van der Waals surface area (Å²) in [5, 5.41) is 11.7. The number of ether oxygens (including phenoxy) is 2. The molecular weight excluding hydrogens is 274 g/mol. The fourth-order valence-electron chi connectivity index (χ4n) is 2.29. The zero-order valence-electron chi connectivity index (χ0n) is 11.9. The number of aliphatic carboxylic acids is 1. The molecule has 1 heterocycles. The summed E-state index contributed by atoms with van der Waals surface area (Å²) < 4.78 is 10.6. The summed E-state index contributed by atoms with van der Waals surface area (Å²) >= 11 is 0. The highest BCUT2D eigenvalue weighted by molar-refractivity contribution is 5.79. The van der Waals surface area contributed by atoms with Crippen LogP contribution in [0.5, 0.6) is 5.75 Å². The number of carbonyl (C=O) groups is 2. The molecule has 1 unspecified atom stereocenters. The van der Waals surface area contributed by atoms with Gasteiger partial charge in [0, 0.05) is 6.61 Å². The van der Waals surface area contributed by atoms with Crippen LogP contribution in [-0.2, 0) is 14.3 Å².